The van der Waals surface area contributed by atoms with E-state index in [1.807, 2.05) is 6.07 Å². The summed E-state index contributed by atoms with van der Waals surface area (Å²) in [6, 6.07) is 11.9. The molecule has 1 saturated heterocycles. The third-order valence-electron chi connectivity index (χ3n) is 6.38. The fraction of sp³-hybridized carbons (Fsp3) is 0.458. The lowest BCUT2D eigenvalue weighted by Crippen LogP contribution is -2.56. The van der Waals surface area contributed by atoms with Crippen molar-refractivity contribution in [2.45, 2.75) is 51.7 Å². The van der Waals surface area contributed by atoms with E-state index in [2.05, 4.69) is 49.2 Å². The van der Waals surface area contributed by atoms with E-state index in [9.17, 15) is 5.11 Å². The van der Waals surface area contributed by atoms with Crippen molar-refractivity contribution in [3.8, 4) is 5.75 Å². The second-order valence-electron chi connectivity index (χ2n) is 8.45. The van der Waals surface area contributed by atoms with Gasteiger partial charge in [-0.25, -0.2) is 0 Å². The maximum atomic E-state index is 10.6. The van der Waals surface area contributed by atoms with Crippen molar-refractivity contribution < 1.29 is 5.11 Å². The zero-order chi connectivity index (χ0) is 20.6. The van der Waals surface area contributed by atoms with Crippen LogP contribution in [0.4, 0.5) is 0 Å². The van der Waals surface area contributed by atoms with Gasteiger partial charge in [0.25, 0.3) is 0 Å². The van der Waals surface area contributed by atoms with Gasteiger partial charge in [-0.3, -0.25) is 10.3 Å². The first kappa shape index (κ1) is 20.4. The fourth-order valence-corrected chi connectivity index (χ4v) is 4.88. The van der Waals surface area contributed by atoms with E-state index in [4.69, 9.17) is 16.6 Å². The van der Waals surface area contributed by atoms with E-state index in [0.717, 1.165) is 50.2 Å². The molecule has 0 bridgehead atoms. The molecule has 4 rings (SSSR count). The molecule has 1 spiro atoms. The van der Waals surface area contributed by atoms with Crippen LogP contribution in [0.25, 0.3) is 0 Å². The lowest BCUT2D eigenvalue weighted by Gasteiger charge is -2.45. The lowest BCUT2D eigenvalue weighted by atomic mass is 9.86. The molecule has 2 aliphatic heterocycles. The number of halogens is 1. The van der Waals surface area contributed by atoms with Gasteiger partial charge in [-0.2, -0.15) is 0 Å². The summed E-state index contributed by atoms with van der Waals surface area (Å²) in [6.45, 7) is 9.62. The molecule has 2 N–H and O–H groups in total. The molecule has 0 amide bonds. The van der Waals surface area contributed by atoms with Gasteiger partial charge >= 0.3 is 0 Å². The third-order valence-corrected chi connectivity index (χ3v) is 6.61. The summed E-state index contributed by atoms with van der Waals surface area (Å²) in [5.74, 6) is 0.287. The Bertz CT molecular complexity index is 932. The van der Waals surface area contributed by atoms with Gasteiger partial charge in [0.2, 0.25) is 0 Å². The number of rotatable bonds is 3. The van der Waals surface area contributed by atoms with Crippen LogP contribution in [0, 0.1) is 13.8 Å². The van der Waals surface area contributed by atoms with Crippen molar-refractivity contribution in [1.82, 2.24) is 10.2 Å². The van der Waals surface area contributed by atoms with Crippen molar-refractivity contribution in [2.24, 2.45) is 4.99 Å². The number of aryl methyl sites for hydroxylation is 2. The average molecular weight is 412 g/mol. The second-order valence-corrected chi connectivity index (χ2v) is 8.88. The quantitative estimate of drug-likeness (QED) is 0.747. The predicted octanol–water partition coefficient (Wildman–Crippen LogP) is 5.00. The maximum absolute atomic E-state index is 10.6. The minimum absolute atomic E-state index is 0.0184. The van der Waals surface area contributed by atoms with Crippen LogP contribution in [0.5, 0.6) is 5.75 Å². The summed E-state index contributed by atoms with van der Waals surface area (Å²) in [5.41, 5.74) is 5.40. The van der Waals surface area contributed by atoms with Crippen LogP contribution >= 0.6 is 11.6 Å². The molecule has 1 fully saturated rings. The van der Waals surface area contributed by atoms with Gasteiger partial charge in [0, 0.05) is 41.8 Å². The summed E-state index contributed by atoms with van der Waals surface area (Å²) in [5, 5.41) is 15.0. The van der Waals surface area contributed by atoms with Gasteiger partial charge in [-0.05, 0) is 62.6 Å². The summed E-state index contributed by atoms with van der Waals surface area (Å²) < 4.78 is 0. The molecule has 0 saturated carbocycles. The van der Waals surface area contributed by atoms with Crippen molar-refractivity contribution in [1.29, 1.82) is 0 Å². The smallest absolute Gasteiger partial charge is 0.120 e. The van der Waals surface area contributed by atoms with E-state index in [0.29, 0.717) is 5.02 Å². The summed E-state index contributed by atoms with van der Waals surface area (Å²) in [7, 11) is 0. The number of likely N-dealkylation sites (tertiary alicyclic amines) is 1. The average Bonchev–Trinajstić information content (AvgIpc) is 2.70. The van der Waals surface area contributed by atoms with Crippen LogP contribution in [0.3, 0.4) is 0 Å². The number of hydrogen-bond acceptors (Lipinski definition) is 4. The Morgan fingerprint density at radius 3 is 2.62 bits per heavy atom. The number of benzene rings is 2. The third kappa shape index (κ3) is 4.20. The molecular weight excluding hydrogens is 382 g/mol. The molecular formula is C24H30ClN3O. The maximum Gasteiger partial charge on any atom is 0.120 e. The number of phenols is 1. The van der Waals surface area contributed by atoms with Gasteiger partial charge in [0.05, 0.1) is 0 Å². The predicted molar refractivity (Wildman–Crippen MR) is 120 cm³/mol. The normalized spacial score (nSPS) is 21.9. The van der Waals surface area contributed by atoms with E-state index >= 15 is 0 Å². The molecule has 1 atom stereocenters. The fourth-order valence-electron chi connectivity index (χ4n) is 4.70. The molecule has 0 unspecified atom stereocenters. The van der Waals surface area contributed by atoms with Crippen LogP contribution in [0.15, 0.2) is 41.4 Å². The highest BCUT2D eigenvalue weighted by molar-refractivity contribution is 6.30. The molecule has 0 aromatic heterocycles. The van der Waals surface area contributed by atoms with Crippen molar-refractivity contribution in [3.63, 3.8) is 0 Å². The molecule has 0 radical (unpaired) electrons. The highest BCUT2D eigenvalue weighted by Crippen LogP contribution is 2.38. The standard InChI is InChI=1S/C24H30ClN3O/c1-4-28-11-9-24(10-12-28)26-21(19-7-5-16(2)13-17(19)3)15-22(27-24)20-14-18(25)6-8-23(20)29/h5-8,13-14,22,27,29H,4,9-12,15H2,1-3H3/t22-/m1/s1. The zero-order valence-electron chi connectivity index (χ0n) is 17.5. The van der Waals surface area contributed by atoms with Gasteiger partial charge in [-0.1, -0.05) is 42.3 Å². The molecule has 154 valence electrons. The number of phenolic OH excluding ortho intramolecular Hbond substituents is 1. The van der Waals surface area contributed by atoms with E-state index in [-0.39, 0.29) is 17.5 Å². The number of aromatic hydroxyl groups is 1. The van der Waals surface area contributed by atoms with Crippen LogP contribution in [-0.4, -0.2) is 41.0 Å². The van der Waals surface area contributed by atoms with Gasteiger partial charge in [0.15, 0.2) is 0 Å². The second kappa shape index (κ2) is 8.10. The Morgan fingerprint density at radius 1 is 1.17 bits per heavy atom. The van der Waals surface area contributed by atoms with Gasteiger partial charge in [0.1, 0.15) is 11.4 Å². The zero-order valence-corrected chi connectivity index (χ0v) is 18.3. The summed E-state index contributed by atoms with van der Waals surface area (Å²) in [6.07, 6.45) is 2.66. The minimum Gasteiger partial charge on any atom is -0.508 e. The highest BCUT2D eigenvalue weighted by atomic mass is 35.5. The van der Waals surface area contributed by atoms with Crippen LogP contribution in [0.2, 0.25) is 5.02 Å². The Kier molecular flexibility index (Phi) is 5.69. The first-order valence-corrected chi connectivity index (χ1v) is 10.9. The SMILES string of the molecule is CCN1CCC2(CC1)N=C(c1ccc(C)cc1C)C[C@H](c1cc(Cl)ccc1O)N2. The van der Waals surface area contributed by atoms with Crippen LogP contribution in [-0.2, 0) is 0 Å². The first-order valence-electron chi connectivity index (χ1n) is 10.5. The number of nitrogens with one attached hydrogen (secondary N) is 1. The number of piperidine rings is 1. The van der Waals surface area contributed by atoms with Gasteiger partial charge < -0.3 is 10.0 Å². The highest BCUT2D eigenvalue weighted by Gasteiger charge is 2.40. The van der Waals surface area contributed by atoms with Gasteiger partial charge in [-0.15, -0.1) is 0 Å². The van der Waals surface area contributed by atoms with E-state index < -0.39 is 0 Å². The molecule has 29 heavy (non-hydrogen) atoms. The largest absolute Gasteiger partial charge is 0.508 e. The Morgan fingerprint density at radius 2 is 1.93 bits per heavy atom. The number of nitrogens with zero attached hydrogens (tertiary/aromatic N) is 2. The molecule has 2 aromatic carbocycles. The molecule has 4 nitrogen and oxygen atoms in total. The Hall–Kier alpha value is -1.88. The van der Waals surface area contributed by atoms with Crippen LogP contribution in [0.1, 0.15) is 54.5 Å². The van der Waals surface area contributed by atoms with Crippen molar-refractivity contribution >= 4 is 17.3 Å². The topological polar surface area (TPSA) is 47.9 Å². The molecule has 2 aromatic rings. The molecule has 2 heterocycles. The minimum atomic E-state index is -0.296. The Balaban J connectivity index is 1.75. The molecule has 0 aliphatic carbocycles. The van der Waals surface area contributed by atoms with Crippen molar-refractivity contribution in [2.75, 3.05) is 19.6 Å². The number of hydrogen-bond donors (Lipinski definition) is 2. The number of aliphatic imine (C=N–C) groups is 1. The summed E-state index contributed by atoms with van der Waals surface area (Å²) >= 11 is 6.27. The lowest BCUT2D eigenvalue weighted by molar-refractivity contribution is 0.129. The van der Waals surface area contributed by atoms with Crippen molar-refractivity contribution in [3.05, 3.63) is 63.7 Å². The van der Waals surface area contributed by atoms with E-state index in [1.165, 1.54) is 16.7 Å². The molecule has 2 aliphatic rings. The summed E-state index contributed by atoms with van der Waals surface area (Å²) in [4.78, 5) is 7.77. The van der Waals surface area contributed by atoms with E-state index in [1.54, 1.807) is 12.1 Å². The van der Waals surface area contributed by atoms with Crippen LogP contribution < -0.4 is 5.32 Å². The Labute approximate surface area is 178 Å². The monoisotopic (exact) mass is 411 g/mol. The first-order chi connectivity index (χ1) is 13.9. The molecule has 5 heteroatoms.